The maximum Gasteiger partial charge on any atom is 0.151 e. The summed E-state index contributed by atoms with van der Waals surface area (Å²) in [6.45, 7) is 6.30. The second-order valence-corrected chi connectivity index (χ2v) is 7.21. The number of piperidine rings is 1. The molecule has 0 aliphatic carbocycles. The van der Waals surface area contributed by atoms with Crippen LogP contribution in [0.1, 0.15) is 26.7 Å². The molecule has 5 heteroatoms. The number of rotatable bonds is 2. The van der Waals surface area contributed by atoms with E-state index in [-0.39, 0.29) is 16.9 Å². The molecule has 0 spiro atoms. The van der Waals surface area contributed by atoms with Crippen LogP contribution < -0.4 is 16.4 Å². The zero-order valence-corrected chi connectivity index (χ0v) is 14.1. The Kier molecular flexibility index (Phi) is 4.11. The second kappa shape index (κ2) is 5.96. The normalized spacial score (nSPS) is 17.1. The number of hydrogen-bond donors (Lipinski definition) is 2. The van der Waals surface area contributed by atoms with E-state index in [1.165, 1.54) is 0 Å². The Balaban J connectivity index is 2.07. The van der Waals surface area contributed by atoms with Gasteiger partial charge in [-0.1, -0.05) is 32.0 Å². The lowest BCUT2D eigenvalue weighted by molar-refractivity contribution is 0.280. The monoisotopic (exact) mass is 331 g/mol. The highest BCUT2D eigenvalue weighted by Crippen LogP contribution is 2.41. The molecule has 1 aliphatic rings. The second-order valence-electron chi connectivity index (χ2n) is 7.21. The Morgan fingerprint density at radius 2 is 1.58 bits per heavy atom. The van der Waals surface area contributed by atoms with Crippen LogP contribution in [0.2, 0.25) is 0 Å². The van der Waals surface area contributed by atoms with Gasteiger partial charge in [0.25, 0.3) is 0 Å². The number of nitrogens with two attached hydrogens (primary N) is 2. The van der Waals surface area contributed by atoms with Crippen molar-refractivity contribution in [3.63, 3.8) is 0 Å². The van der Waals surface area contributed by atoms with Crippen LogP contribution in [0, 0.1) is 17.0 Å². The summed E-state index contributed by atoms with van der Waals surface area (Å²) in [6, 6.07) is 8.30. The number of halogens is 2. The molecule has 0 bridgehead atoms. The largest absolute Gasteiger partial charge is 0.396 e. The van der Waals surface area contributed by atoms with E-state index in [0.29, 0.717) is 11.0 Å². The molecule has 1 aliphatic heterocycles. The van der Waals surface area contributed by atoms with Gasteiger partial charge in [0.05, 0.1) is 11.4 Å². The first-order valence-electron chi connectivity index (χ1n) is 8.17. The lowest BCUT2D eigenvalue weighted by atomic mass is 9.82. The Morgan fingerprint density at radius 1 is 0.958 bits per heavy atom. The fourth-order valence-electron chi connectivity index (χ4n) is 3.24. The van der Waals surface area contributed by atoms with E-state index in [1.54, 1.807) is 6.07 Å². The van der Waals surface area contributed by atoms with Gasteiger partial charge in [0, 0.05) is 36.0 Å². The average molecular weight is 331 g/mol. The summed E-state index contributed by atoms with van der Waals surface area (Å²) in [6.07, 6.45) is 2.12. The van der Waals surface area contributed by atoms with Crippen LogP contribution in [0.3, 0.4) is 0 Å². The molecule has 24 heavy (non-hydrogen) atoms. The molecular formula is C19H23F2N3. The first-order valence-corrected chi connectivity index (χ1v) is 8.17. The number of anilines is 3. The van der Waals surface area contributed by atoms with Crippen LogP contribution in [0.5, 0.6) is 0 Å². The number of para-hydroxylation sites is 1. The maximum atomic E-state index is 14.5. The fraction of sp³-hybridized carbons (Fsp3) is 0.368. The summed E-state index contributed by atoms with van der Waals surface area (Å²) >= 11 is 0. The first-order chi connectivity index (χ1) is 11.3. The molecular weight excluding hydrogens is 308 g/mol. The molecule has 0 atom stereocenters. The highest BCUT2D eigenvalue weighted by Gasteiger charge is 2.27. The van der Waals surface area contributed by atoms with Crippen molar-refractivity contribution in [2.45, 2.75) is 26.7 Å². The van der Waals surface area contributed by atoms with E-state index < -0.39 is 11.6 Å². The molecule has 1 heterocycles. The molecule has 2 aromatic rings. The highest BCUT2D eigenvalue weighted by atomic mass is 19.1. The summed E-state index contributed by atoms with van der Waals surface area (Å²) in [5, 5.41) is 0. The van der Waals surface area contributed by atoms with E-state index in [1.807, 2.05) is 18.2 Å². The van der Waals surface area contributed by atoms with Crippen LogP contribution in [0.25, 0.3) is 11.1 Å². The van der Waals surface area contributed by atoms with Crippen LogP contribution >= 0.6 is 0 Å². The first kappa shape index (κ1) is 16.6. The van der Waals surface area contributed by atoms with Crippen molar-refractivity contribution >= 4 is 17.1 Å². The Hall–Kier alpha value is -2.30. The van der Waals surface area contributed by atoms with Crippen molar-refractivity contribution in [1.29, 1.82) is 0 Å². The summed E-state index contributed by atoms with van der Waals surface area (Å²) < 4.78 is 28.1. The summed E-state index contributed by atoms with van der Waals surface area (Å²) in [5.41, 5.74) is 13.4. The predicted molar refractivity (Wildman–Crippen MR) is 95.8 cm³/mol. The third kappa shape index (κ3) is 2.90. The predicted octanol–water partition coefficient (Wildman–Crippen LogP) is 4.42. The van der Waals surface area contributed by atoms with E-state index in [4.69, 9.17) is 11.5 Å². The Bertz CT molecular complexity index is 761. The van der Waals surface area contributed by atoms with Gasteiger partial charge < -0.3 is 16.4 Å². The van der Waals surface area contributed by atoms with Gasteiger partial charge in [-0.2, -0.15) is 0 Å². The minimum Gasteiger partial charge on any atom is -0.396 e. The Labute approximate surface area is 141 Å². The van der Waals surface area contributed by atoms with Crippen LogP contribution in [-0.4, -0.2) is 13.1 Å². The van der Waals surface area contributed by atoms with Gasteiger partial charge in [-0.15, -0.1) is 0 Å². The van der Waals surface area contributed by atoms with E-state index in [9.17, 15) is 8.78 Å². The van der Waals surface area contributed by atoms with Gasteiger partial charge in [0.15, 0.2) is 5.82 Å². The molecule has 4 N–H and O–H groups in total. The number of nitrogen functional groups attached to an aromatic ring is 2. The quantitative estimate of drug-likeness (QED) is 0.801. The van der Waals surface area contributed by atoms with Gasteiger partial charge >= 0.3 is 0 Å². The van der Waals surface area contributed by atoms with Crippen molar-refractivity contribution in [3.05, 3.63) is 42.0 Å². The SMILES string of the molecule is CC1(C)CCN(c2ccccc2-c2c(F)cc(F)c(N)c2N)CC1. The molecule has 3 rings (SSSR count). The average Bonchev–Trinajstić information content (AvgIpc) is 2.53. The number of hydrogen-bond acceptors (Lipinski definition) is 3. The highest BCUT2D eigenvalue weighted by molar-refractivity contribution is 5.91. The molecule has 1 saturated heterocycles. The van der Waals surface area contributed by atoms with Gasteiger partial charge in [-0.25, -0.2) is 8.78 Å². The van der Waals surface area contributed by atoms with Gasteiger partial charge in [0.1, 0.15) is 5.82 Å². The van der Waals surface area contributed by atoms with E-state index in [2.05, 4.69) is 18.7 Å². The maximum absolute atomic E-state index is 14.5. The lowest BCUT2D eigenvalue weighted by Crippen LogP contribution is -2.37. The van der Waals surface area contributed by atoms with Gasteiger partial charge in [-0.3, -0.25) is 0 Å². The molecule has 0 saturated carbocycles. The smallest absolute Gasteiger partial charge is 0.151 e. The summed E-state index contributed by atoms with van der Waals surface area (Å²) in [5.74, 6) is -1.52. The van der Waals surface area contributed by atoms with E-state index in [0.717, 1.165) is 37.7 Å². The molecule has 0 radical (unpaired) electrons. The Morgan fingerprint density at radius 3 is 2.25 bits per heavy atom. The van der Waals surface area contributed by atoms with Crippen LogP contribution in [0.15, 0.2) is 30.3 Å². The zero-order valence-electron chi connectivity index (χ0n) is 14.1. The van der Waals surface area contributed by atoms with Crippen LogP contribution in [-0.2, 0) is 0 Å². The zero-order chi connectivity index (χ0) is 17.5. The molecule has 0 unspecified atom stereocenters. The van der Waals surface area contributed by atoms with E-state index >= 15 is 0 Å². The third-order valence-electron chi connectivity index (χ3n) is 4.94. The molecule has 128 valence electrons. The van der Waals surface area contributed by atoms with Crippen molar-refractivity contribution in [3.8, 4) is 11.1 Å². The van der Waals surface area contributed by atoms with Gasteiger partial charge in [-0.05, 0) is 24.3 Å². The standard InChI is InChI=1S/C19H23F2N3/c1-19(2)7-9-24(10-8-19)15-6-4-3-5-12(15)16-13(20)11-14(21)17(22)18(16)23/h3-6,11H,7-10,22-23H2,1-2H3. The van der Waals surface area contributed by atoms with Crippen LogP contribution in [0.4, 0.5) is 25.8 Å². The van der Waals surface area contributed by atoms with Crippen molar-refractivity contribution in [2.24, 2.45) is 5.41 Å². The van der Waals surface area contributed by atoms with Crippen molar-refractivity contribution < 1.29 is 8.78 Å². The third-order valence-corrected chi connectivity index (χ3v) is 4.94. The molecule has 2 aromatic carbocycles. The molecule has 0 amide bonds. The molecule has 0 aromatic heterocycles. The minimum absolute atomic E-state index is 0.0442. The molecule has 3 nitrogen and oxygen atoms in total. The lowest BCUT2D eigenvalue weighted by Gasteiger charge is -2.39. The van der Waals surface area contributed by atoms with Crippen molar-refractivity contribution in [1.82, 2.24) is 0 Å². The summed E-state index contributed by atoms with van der Waals surface area (Å²) in [7, 11) is 0. The number of benzene rings is 2. The fourth-order valence-corrected chi connectivity index (χ4v) is 3.24. The van der Waals surface area contributed by atoms with Gasteiger partial charge in [0.2, 0.25) is 0 Å². The summed E-state index contributed by atoms with van der Waals surface area (Å²) in [4.78, 5) is 2.24. The van der Waals surface area contributed by atoms with Crippen molar-refractivity contribution in [2.75, 3.05) is 29.5 Å². The number of nitrogens with zero attached hydrogens (tertiary/aromatic N) is 1. The minimum atomic E-state index is -0.828. The topological polar surface area (TPSA) is 55.3 Å². The molecule has 1 fully saturated rings.